The normalized spacial score (nSPS) is 30.1. The minimum atomic E-state index is -0.792. The lowest BCUT2D eigenvalue weighted by molar-refractivity contribution is -0.151. The second kappa shape index (κ2) is 4.42. The van der Waals surface area contributed by atoms with Crippen LogP contribution < -0.4 is 0 Å². The maximum absolute atomic E-state index is 10.6. The quantitative estimate of drug-likeness (QED) is 0.677. The fourth-order valence-corrected chi connectivity index (χ4v) is 1.32. The topological polar surface area (TPSA) is 55.8 Å². The van der Waals surface area contributed by atoms with Gasteiger partial charge in [-0.25, -0.2) is 0 Å². The summed E-state index contributed by atoms with van der Waals surface area (Å²) >= 11 is 0. The summed E-state index contributed by atoms with van der Waals surface area (Å²) in [6.07, 6.45) is 0.535. The van der Waals surface area contributed by atoms with Crippen molar-refractivity contribution < 1.29 is 19.4 Å². The number of carboxylic acid groups (broad SMARTS) is 1. The molecule has 0 amide bonds. The Kier molecular flexibility index (Phi) is 3.49. The fourth-order valence-electron chi connectivity index (χ4n) is 1.32. The molecule has 0 bridgehead atoms. The van der Waals surface area contributed by atoms with E-state index < -0.39 is 11.9 Å². The van der Waals surface area contributed by atoms with Gasteiger partial charge in [0.1, 0.15) is 0 Å². The predicted molar refractivity (Wildman–Crippen MR) is 42.0 cm³/mol. The average Bonchev–Trinajstić information content (AvgIpc) is 2.05. The SMILES string of the molecule is CCOC1COCC(C(=O)O)C1. The molecule has 1 saturated heterocycles. The van der Waals surface area contributed by atoms with E-state index in [1.807, 2.05) is 6.92 Å². The van der Waals surface area contributed by atoms with Crippen LogP contribution in [0, 0.1) is 5.92 Å². The van der Waals surface area contributed by atoms with Crippen LogP contribution in [0.5, 0.6) is 0 Å². The van der Waals surface area contributed by atoms with Gasteiger partial charge in [-0.15, -0.1) is 0 Å². The van der Waals surface area contributed by atoms with Crippen LogP contribution in [0.25, 0.3) is 0 Å². The summed E-state index contributed by atoms with van der Waals surface area (Å²) < 4.78 is 10.4. The number of hydrogen-bond donors (Lipinski definition) is 1. The predicted octanol–water partition coefficient (Wildman–Crippen LogP) is 0.513. The maximum Gasteiger partial charge on any atom is 0.308 e. The smallest absolute Gasteiger partial charge is 0.308 e. The van der Waals surface area contributed by atoms with Crippen molar-refractivity contribution in [3.05, 3.63) is 0 Å². The second-order valence-electron chi connectivity index (χ2n) is 2.89. The number of carbonyl (C=O) groups is 1. The van der Waals surface area contributed by atoms with Crippen molar-refractivity contribution in [1.82, 2.24) is 0 Å². The monoisotopic (exact) mass is 174 g/mol. The first-order chi connectivity index (χ1) is 5.74. The molecule has 1 aliphatic heterocycles. The summed E-state index contributed by atoms with van der Waals surface area (Å²) in [6.45, 7) is 3.35. The fraction of sp³-hybridized carbons (Fsp3) is 0.875. The van der Waals surface area contributed by atoms with Gasteiger partial charge in [-0.1, -0.05) is 0 Å². The van der Waals surface area contributed by atoms with Crippen LogP contribution in [-0.2, 0) is 14.3 Å². The molecule has 70 valence electrons. The summed E-state index contributed by atoms with van der Waals surface area (Å²) in [5.74, 6) is -1.19. The third-order valence-electron chi connectivity index (χ3n) is 1.92. The highest BCUT2D eigenvalue weighted by Crippen LogP contribution is 2.16. The molecular weight excluding hydrogens is 160 g/mol. The Bertz CT molecular complexity index is 155. The highest BCUT2D eigenvalue weighted by Gasteiger charge is 2.27. The van der Waals surface area contributed by atoms with Gasteiger partial charge in [0.05, 0.1) is 25.2 Å². The lowest BCUT2D eigenvalue weighted by Gasteiger charge is -2.26. The van der Waals surface area contributed by atoms with Gasteiger partial charge in [-0.05, 0) is 13.3 Å². The lowest BCUT2D eigenvalue weighted by Crippen LogP contribution is -2.35. The molecule has 2 atom stereocenters. The van der Waals surface area contributed by atoms with Gasteiger partial charge in [0.2, 0.25) is 0 Å². The minimum absolute atomic E-state index is 0.0372. The number of ether oxygens (including phenoxy) is 2. The van der Waals surface area contributed by atoms with Crippen LogP contribution in [0.4, 0.5) is 0 Å². The molecule has 0 aromatic carbocycles. The van der Waals surface area contributed by atoms with Gasteiger partial charge in [0, 0.05) is 6.61 Å². The van der Waals surface area contributed by atoms with Crippen LogP contribution in [0.1, 0.15) is 13.3 Å². The van der Waals surface area contributed by atoms with Crippen molar-refractivity contribution in [3.8, 4) is 0 Å². The van der Waals surface area contributed by atoms with E-state index in [0.29, 0.717) is 26.2 Å². The number of rotatable bonds is 3. The third-order valence-corrected chi connectivity index (χ3v) is 1.92. The molecule has 1 rings (SSSR count). The molecule has 4 heteroatoms. The standard InChI is InChI=1S/C8H14O4/c1-2-12-7-3-6(8(9)10)4-11-5-7/h6-7H,2-5H2,1H3,(H,9,10). The Morgan fingerprint density at radius 3 is 3.00 bits per heavy atom. The van der Waals surface area contributed by atoms with Crippen molar-refractivity contribution >= 4 is 5.97 Å². The van der Waals surface area contributed by atoms with Crippen molar-refractivity contribution in [2.75, 3.05) is 19.8 Å². The first-order valence-electron chi connectivity index (χ1n) is 4.16. The third kappa shape index (κ3) is 2.46. The molecule has 1 N–H and O–H groups in total. The molecule has 4 nitrogen and oxygen atoms in total. The Labute approximate surface area is 71.5 Å². The van der Waals surface area contributed by atoms with Crippen LogP contribution in [0.2, 0.25) is 0 Å². The Morgan fingerprint density at radius 1 is 1.67 bits per heavy atom. The van der Waals surface area contributed by atoms with Crippen molar-refractivity contribution in [1.29, 1.82) is 0 Å². The molecule has 0 radical (unpaired) electrons. The minimum Gasteiger partial charge on any atom is -0.481 e. The van der Waals surface area contributed by atoms with Crippen molar-refractivity contribution in [2.24, 2.45) is 5.92 Å². The zero-order valence-corrected chi connectivity index (χ0v) is 7.16. The molecule has 12 heavy (non-hydrogen) atoms. The second-order valence-corrected chi connectivity index (χ2v) is 2.89. The maximum atomic E-state index is 10.6. The summed E-state index contributed by atoms with van der Waals surface area (Å²) in [7, 11) is 0. The van der Waals surface area contributed by atoms with Gasteiger partial charge in [-0.3, -0.25) is 4.79 Å². The molecule has 1 fully saturated rings. The molecule has 0 aromatic heterocycles. The van der Waals surface area contributed by atoms with E-state index in [2.05, 4.69) is 0 Å². The van der Waals surface area contributed by atoms with E-state index in [9.17, 15) is 4.79 Å². The Hall–Kier alpha value is -0.610. The van der Waals surface area contributed by atoms with Gasteiger partial charge >= 0.3 is 5.97 Å². The Morgan fingerprint density at radius 2 is 2.42 bits per heavy atom. The van der Waals surface area contributed by atoms with Crippen LogP contribution in [-0.4, -0.2) is 37.0 Å². The number of aliphatic carboxylic acids is 1. The molecule has 2 unspecified atom stereocenters. The van der Waals surface area contributed by atoms with Crippen LogP contribution >= 0.6 is 0 Å². The summed E-state index contributed by atoms with van der Waals surface area (Å²) in [5.41, 5.74) is 0. The molecule has 1 heterocycles. The molecule has 1 aliphatic rings. The highest BCUT2D eigenvalue weighted by molar-refractivity contribution is 5.70. The first kappa shape index (κ1) is 9.48. The van der Waals surface area contributed by atoms with E-state index >= 15 is 0 Å². The van der Waals surface area contributed by atoms with Gasteiger partial charge in [0.15, 0.2) is 0 Å². The van der Waals surface area contributed by atoms with Crippen LogP contribution in [0.15, 0.2) is 0 Å². The van der Waals surface area contributed by atoms with Gasteiger partial charge in [-0.2, -0.15) is 0 Å². The Balaban J connectivity index is 2.35. The average molecular weight is 174 g/mol. The van der Waals surface area contributed by atoms with E-state index in [1.54, 1.807) is 0 Å². The summed E-state index contributed by atoms with van der Waals surface area (Å²) in [6, 6.07) is 0. The molecular formula is C8H14O4. The molecule has 0 saturated carbocycles. The highest BCUT2D eigenvalue weighted by atomic mass is 16.5. The van der Waals surface area contributed by atoms with E-state index in [-0.39, 0.29) is 6.10 Å². The van der Waals surface area contributed by atoms with Crippen LogP contribution in [0.3, 0.4) is 0 Å². The van der Waals surface area contributed by atoms with Crippen molar-refractivity contribution in [2.45, 2.75) is 19.4 Å². The zero-order valence-electron chi connectivity index (χ0n) is 7.16. The summed E-state index contributed by atoms with van der Waals surface area (Å²) in [5, 5.41) is 8.69. The van der Waals surface area contributed by atoms with E-state index in [1.165, 1.54) is 0 Å². The largest absolute Gasteiger partial charge is 0.481 e. The van der Waals surface area contributed by atoms with Gasteiger partial charge in [0.25, 0.3) is 0 Å². The lowest BCUT2D eigenvalue weighted by atomic mass is 10.0. The molecule has 0 aromatic rings. The number of hydrogen-bond acceptors (Lipinski definition) is 3. The molecule has 0 spiro atoms. The molecule has 0 aliphatic carbocycles. The van der Waals surface area contributed by atoms with Crippen molar-refractivity contribution in [3.63, 3.8) is 0 Å². The zero-order chi connectivity index (χ0) is 8.97. The van der Waals surface area contributed by atoms with Gasteiger partial charge < -0.3 is 14.6 Å². The number of carboxylic acids is 1. The first-order valence-corrected chi connectivity index (χ1v) is 4.16. The van der Waals surface area contributed by atoms with E-state index in [0.717, 1.165) is 0 Å². The van der Waals surface area contributed by atoms with E-state index in [4.69, 9.17) is 14.6 Å². The summed E-state index contributed by atoms with van der Waals surface area (Å²) in [4.78, 5) is 10.6.